The van der Waals surface area contributed by atoms with Gasteiger partial charge in [-0.05, 0) is 80.0 Å². The molecule has 2 unspecified atom stereocenters. The molecule has 2 atom stereocenters. The Hall–Kier alpha value is -2.54. The van der Waals surface area contributed by atoms with Gasteiger partial charge in [0.1, 0.15) is 5.75 Å². The van der Waals surface area contributed by atoms with Gasteiger partial charge < -0.3 is 10.1 Å². The van der Waals surface area contributed by atoms with Crippen LogP contribution in [0, 0.1) is 0 Å². The molecule has 0 saturated carbocycles. The van der Waals surface area contributed by atoms with Gasteiger partial charge in [-0.25, -0.2) is 8.42 Å². The van der Waals surface area contributed by atoms with Crippen molar-refractivity contribution < 1.29 is 17.9 Å². The highest BCUT2D eigenvalue weighted by atomic mass is 32.2. The van der Waals surface area contributed by atoms with Crippen LogP contribution in [0.25, 0.3) is 0 Å². The van der Waals surface area contributed by atoms with E-state index in [0.29, 0.717) is 17.9 Å². The number of hydrogen-bond donors (Lipinski definition) is 1. The van der Waals surface area contributed by atoms with Crippen LogP contribution < -0.4 is 14.4 Å². The lowest BCUT2D eigenvalue weighted by molar-refractivity contribution is -0.128. The summed E-state index contributed by atoms with van der Waals surface area (Å²) in [6.45, 7) is 3.89. The smallest absolute Gasteiger partial charge is 0.261 e. The molecule has 168 valence electrons. The minimum Gasteiger partial charge on any atom is -0.481 e. The first-order valence-corrected chi connectivity index (χ1v) is 12.7. The normalized spacial score (nSPS) is 15.5. The number of benzene rings is 2. The fraction of sp³-hybridized carbons (Fsp3) is 0.458. The summed E-state index contributed by atoms with van der Waals surface area (Å²) in [5, 5.41) is 3.07. The van der Waals surface area contributed by atoms with Crippen molar-refractivity contribution in [2.75, 3.05) is 17.6 Å². The van der Waals surface area contributed by atoms with Gasteiger partial charge in [-0.15, -0.1) is 0 Å². The van der Waals surface area contributed by atoms with Gasteiger partial charge in [0.05, 0.1) is 18.0 Å². The number of anilines is 1. The maximum atomic E-state index is 12.8. The molecule has 6 nitrogen and oxygen atoms in total. The molecule has 2 aromatic rings. The van der Waals surface area contributed by atoms with Crippen molar-refractivity contribution >= 4 is 21.6 Å². The number of nitrogens with one attached hydrogen (secondary N) is 1. The van der Waals surface area contributed by atoms with Crippen molar-refractivity contribution in [1.82, 2.24) is 5.32 Å². The number of rotatable bonds is 8. The van der Waals surface area contributed by atoms with E-state index in [9.17, 15) is 13.2 Å². The van der Waals surface area contributed by atoms with Crippen molar-refractivity contribution in [2.24, 2.45) is 0 Å². The first-order valence-electron chi connectivity index (χ1n) is 10.8. The Kier molecular flexibility index (Phi) is 7.26. The number of amides is 1. The Bertz CT molecular complexity index is 1020. The van der Waals surface area contributed by atoms with Gasteiger partial charge in [0.15, 0.2) is 6.10 Å². The van der Waals surface area contributed by atoms with Crippen LogP contribution in [-0.4, -0.2) is 33.7 Å². The monoisotopic (exact) mass is 444 g/mol. The van der Waals surface area contributed by atoms with E-state index in [1.54, 1.807) is 24.3 Å². The molecule has 0 bridgehead atoms. The third-order valence-electron chi connectivity index (χ3n) is 5.87. The summed E-state index contributed by atoms with van der Waals surface area (Å²) in [4.78, 5) is 12.8. The van der Waals surface area contributed by atoms with Crippen LogP contribution in [0.5, 0.6) is 5.75 Å². The van der Waals surface area contributed by atoms with Gasteiger partial charge in [-0.1, -0.05) is 25.1 Å². The number of hydrogen-bond acceptors (Lipinski definition) is 4. The molecular weight excluding hydrogens is 412 g/mol. The van der Waals surface area contributed by atoms with Crippen molar-refractivity contribution in [2.45, 2.75) is 58.1 Å². The molecule has 0 saturated heterocycles. The summed E-state index contributed by atoms with van der Waals surface area (Å²) < 4.78 is 30.4. The lowest BCUT2D eigenvalue weighted by Gasteiger charge is -2.23. The summed E-state index contributed by atoms with van der Waals surface area (Å²) in [7, 11) is -1.83. The zero-order chi connectivity index (χ0) is 22.6. The van der Waals surface area contributed by atoms with Gasteiger partial charge in [-0.2, -0.15) is 0 Å². The molecule has 1 N–H and O–H groups in total. The fourth-order valence-corrected chi connectivity index (χ4v) is 4.33. The van der Waals surface area contributed by atoms with E-state index in [1.807, 2.05) is 13.8 Å². The lowest BCUT2D eigenvalue weighted by atomic mass is 9.89. The summed E-state index contributed by atoms with van der Waals surface area (Å²) in [6.07, 6.45) is 5.77. The van der Waals surface area contributed by atoms with Gasteiger partial charge in [0, 0.05) is 7.05 Å². The minimum absolute atomic E-state index is 0.108. The molecule has 0 fully saturated rings. The highest BCUT2D eigenvalue weighted by molar-refractivity contribution is 7.92. The Morgan fingerprint density at radius 3 is 2.35 bits per heavy atom. The average molecular weight is 445 g/mol. The maximum Gasteiger partial charge on any atom is 0.261 e. The predicted octanol–water partition coefficient (Wildman–Crippen LogP) is 4.00. The molecule has 1 amide bonds. The predicted molar refractivity (Wildman–Crippen MR) is 124 cm³/mol. The van der Waals surface area contributed by atoms with E-state index in [1.165, 1.54) is 35.3 Å². The van der Waals surface area contributed by atoms with Crippen LogP contribution in [0.2, 0.25) is 0 Å². The second-order valence-electron chi connectivity index (χ2n) is 8.20. The SMILES string of the molecule is CCC(Oc1ccc(N(C)S(C)(=O)=O)cc1)C(=O)NC(C)c1ccc2c(c1)CCCC2. The third kappa shape index (κ3) is 5.79. The lowest BCUT2D eigenvalue weighted by Crippen LogP contribution is -2.39. The third-order valence-corrected chi connectivity index (χ3v) is 7.08. The molecule has 0 radical (unpaired) electrons. The van der Waals surface area contributed by atoms with Gasteiger partial charge in [0.2, 0.25) is 10.0 Å². The zero-order valence-electron chi connectivity index (χ0n) is 18.7. The van der Waals surface area contributed by atoms with Crippen LogP contribution in [0.4, 0.5) is 5.69 Å². The molecule has 2 aromatic carbocycles. The largest absolute Gasteiger partial charge is 0.481 e. The molecule has 1 aliphatic carbocycles. The molecule has 31 heavy (non-hydrogen) atoms. The summed E-state index contributed by atoms with van der Waals surface area (Å²) >= 11 is 0. The number of carbonyl (C=O) groups excluding carboxylic acids is 1. The van der Waals surface area contributed by atoms with E-state index in [4.69, 9.17) is 4.74 Å². The topological polar surface area (TPSA) is 75.7 Å². The summed E-state index contributed by atoms with van der Waals surface area (Å²) in [5.74, 6) is 0.360. The number of nitrogens with zero attached hydrogens (tertiary/aromatic N) is 1. The first kappa shape index (κ1) is 23.1. The van der Waals surface area contributed by atoms with E-state index >= 15 is 0 Å². The van der Waals surface area contributed by atoms with Gasteiger partial charge in [0.25, 0.3) is 5.91 Å². The van der Waals surface area contributed by atoms with E-state index in [0.717, 1.165) is 24.7 Å². The standard InChI is InChI=1S/C24H32N2O4S/c1-5-23(30-22-14-12-21(13-15-22)26(3)31(4,28)29)24(27)25-17(2)19-11-10-18-8-6-7-9-20(18)16-19/h10-17,23H,5-9H2,1-4H3,(H,25,27). The highest BCUT2D eigenvalue weighted by Crippen LogP contribution is 2.25. The van der Waals surface area contributed by atoms with Gasteiger partial charge >= 0.3 is 0 Å². The summed E-state index contributed by atoms with van der Waals surface area (Å²) in [6, 6.07) is 13.1. The van der Waals surface area contributed by atoms with Crippen LogP contribution >= 0.6 is 0 Å². The second kappa shape index (κ2) is 9.73. The molecule has 1 aliphatic rings. The number of carbonyl (C=O) groups is 1. The average Bonchev–Trinajstić information content (AvgIpc) is 2.76. The Balaban J connectivity index is 1.63. The van der Waals surface area contributed by atoms with E-state index in [-0.39, 0.29) is 11.9 Å². The minimum atomic E-state index is -3.33. The van der Waals surface area contributed by atoms with Crippen LogP contribution in [0.3, 0.4) is 0 Å². The Labute approximate surface area is 185 Å². The van der Waals surface area contributed by atoms with E-state index in [2.05, 4.69) is 23.5 Å². The number of fused-ring (bicyclic) bond motifs is 1. The second-order valence-corrected chi connectivity index (χ2v) is 10.2. The quantitative estimate of drug-likeness (QED) is 0.668. The van der Waals surface area contributed by atoms with E-state index < -0.39 is 16.1 Å². The summed E-state index contributed by atoms with van der Waals surface area (Å²) in [5.41, 5.74) is 4.46. The van der Waals surface area contributed by atoms with Crippen molar-refractivity contribution in [3.8, 4) is 5.75 Å². The van der Waals surface area contributed by atoms with Gasteiger partial charge in [-0.3, -0.25) is 9.10 Å². The molecule has 3 rings (SSSR count). The van der Waals surface area contributed by atoms with Crippen LogP contribution in [0.15, 0.2) is 42.5 Å². The molecule has 0 spiro atoms. The molecule has 0 heterocycles. The zero-order valence-corrected chi connectivity index (χ0v) is 19.5. The highest BCUT2D eigenvalue weighted by Gasteiger charge is 2.22. The fourth-order valence-electron chi connectivity index (χ4n) is 3.82. The molecule has 0 aliphatic heterocycles. The van der Waals surface area contributed by atoms with Crippen LogP contribution in [-0.2, 0) is 27.7 Å². The number of sulfonamides is 1. The van der Waals surface area contributed by atoms with Crippen LogP contribution in [0.1, 0.15) is 55.8 Å². The first-order chi connectivity index (χ1) is 14.7. The molecule has 7 heteroatoms. The molecule has 0 aromatic heterocycles. The van der Waals surface area contributed by atoms with Crippen molar-refractivity contribution in [1.29, 1.82) is 0 Å². The number of aryl methyl sites for hydroxylation is 2. The van der Waals surface area contributed by atoms with Crippen molar-refractivity contribution in [3.05, 3.63) is 59.2 Å². The Morgan fingerprint density at radius 2 is 1.74 bits per heavy atom. The maximum absolute atomic E-state index is 12.8. The molecular formula is C24H32N2O4S. The Morgan fingerprint density at radius 1 is 1.10 bits per heavy atom. The van der Waals surface area contributed by atoms with Crippen molar-refractivity contribution in [3.63, 3.8) is 0 Å². The number of ether oxygens (including phenoxy) is 1.